The Balaban J connectivity index is 1.80. The summed E-state index contributed by atoms with van der Waals surface area (Å²) in [6.45, 7) is 2.88. The number of benzene rings is 2. The molecule has 0 aliphatic heterocycles. The first kappa shape index (κ1) is 13.9. The minimum absolute atomic E-state index is 0.0738. The van der Waals surface area contributed by atoms with E-state index in [0.29, 0.717) is 12.1 Å². The van der Waals surface area contributed by atoms with Crippen molar-refractivity contribution in [1.82, 2.24) is 5.32 Å². The standard InChI is InChI=1S/C18H21NO2/c1-2-18(10-5-11-18)12-19-17(21)15-9-8-13-6-3-4-7-14(13)16(15)20/h3-4,6-9,20H,2,5,10-12H2,1H3,(H,19,21). The average Bonchev–Trinajstić information content (AvgIpc) is 2.47. The van der Waals surface area contributed by atoms with E-state index >= 15 is 0 Å². The number of phenolic OH excluding ortho intramolecular Hbond substituents is 1. The number of hydrogen-bond donors (Lipinski definition) is 2. The average molecular weight is 283 g/mol. The molecule has 0 bridgehead atoms. The molecular weight excluding hydrogens is 262 g/mol. The molecule has 21 heavy (non-hydrogen) atoms. The van der Waals surface area contributed by atoms with Crippen LogP contribution in [-0.4, -0.2) is 17.6 Å². The van der Waals surface area contributed by atoms with Gasteiger partial charge in [-0.25, -0.2) is 0 Å². The van der Waals surface area contributed by atoms with Crippen LogP contribution in [0.2, 0.25) is 0 Å². The SMILES string of the molecule is CCC1(CNC(=O)c2ccc3ccccc3c2O)CCC1. The van der Waals surface area contributed by atoms with Crippen LogP contribution in [0.25, 0.3) is 10.8 Å². The second kappa shape index (κ2) is 5.40. The fraction of sp³-hybridized carbons (Fsp3) is 0.389. The maximum atomic E-state index is 12.3. The third kappa shape index (κ3) is 2.48. The molecule has 0 saturated heterocycles. The Morgan fingerprint density at radius 1 is 1.24 bits per heavy atom. The first-order valence-electron chi connectivity index (χ1n) is 7.64. The van der Waals surface area contributed by atoms with Gasteiger partial charge in [0, 0.05) is 11.9 Å². The van der Waals surface area contributed by atoms with Crippen LogP contribution in [0, 0.1) is 5.41 Å². The Kier molecular flexibility index (Phi) is 3.58. The second-order valence-electron chi connectivity index (χ2n) is 6.07. The van der Waals surface area contributed by atoms with Crippen LogP contribution in [-0.2, 0) is 0 Å². The van der Waals surface area contributed by atoms with Crippen LogP contribution in [0.4, 0.5) is 0 Å². The molecule has 0 aromatic heterocycles. The van der Waals surface area contributed by atoms with Gasteiger partial charge in [-0.15, -0.1) is 0 Å². The van der Waals surface area contributed by atoms with E-state index in [4.69, 9.17) is 0 Å². The predicted molar refractivity (Wildman–Crippen MR) is 84.5 cm³/mol. The number of amides is 1. The van der Waals surface area contributed by atoms with Gasteiger partial charge in [-0.2, -0.15) is 0 Å². The van der Waals surface area contributed by atoms with Gasteiger partial charge in [-0.3, -0.25) is 4.79 Å². The van der Waals surface area contributed by atoms with E-state index in [9.17, 15) is 9.90 Å². The molecule has 1 aliphatic carbocycles. The van der Waals surface area contributed by atoms with Crippen molar-refractivity contribution in [2.75, 3.05) is 6.54 Å². The number of phenols is 1. The van der Waals surface area contributed by atoms with E-state index < -0.39 is 0 Å². The predicted octanol–water partition coefficient (Wildman–Crippen LogP) is 3.86. The van der Waals surface area contributed by atoms with Crippen LogP contribution in [0.5, 0.6) is 5.75 Å². The Hall–Kier alpha value is -2.03. The Morgan fingerprint density at radius 3 is 2.67 bits per heavy atom. The van der Waals surface area contributed by atoms with Crippen molar-refractivity contribution in [2.45, 2.75) is 32.6 Å². The fourth-order valence-corrected chi connectivity index (χ4v) is 3.13. The number of hydrogen-bond acceptors (Lipinski definition) is 2. The van der Waals surface area contributed by atoms with Gasteiger partial charge in [0.15, 0.2) is 0 Å². The van der Waals surface area contributed by atoms with Crippen LogP contribution in [0.15, 0.2) is 36.4 Å². The van der Waals surface area contributed by atoms with E-state index in [1.165, 1.54) is 19.3 Å². The monoisotopic (exact) mass is 283 g/mol. The number of rotatable bonds is 4. The highest BCUT2D eigenvalue weighted by atomic mass is 16.3. The number of carbonyl (C=O) groups excluding carboxylic acids is 1. The van der Waals surface area contributed by atoms with Gasteiger partial charge in [-0.1, -0.05) is 43.7 Å². The van der Waals surface area contributed by atoms with Crippen LogP contribution in [0.1, 0.15) is 43.0 Å². The molecular formula is C18H21NO2. The van der Waals surface area contributed by atoms with Crippen molar-refractivity contribution in [3.05, 3.63) is 42.0 Å². The molecule has 0 unspecified atom stereocenters. The third-order valence-corrected chi connectivity index (χ3v) is 4.93. The summed E-state index contributed by atoms with van der Waals surface area (Å²) in [5.41, 5.74) is 0.640. The molecule has 1 amide bonds. The maximum absolute atomic E-state index is 12.3. The molecule has 3 heteroatoms. The lowest BCUT2D eigenvalue weighted by Crippen LogP contribution is -2.41. The number of nitrogens with one attached hydrogen (secondary N) is 1. The molecule has 2 aromatic rings. The van der Waals surface area contributed by atoms with Gasteiger partial charge >= 0.3 is 0 Å². The zero-order chi connectivity index (χ0) is 14.9. The molecule has 1 saturated carbocycles. The number of carbonyl (C=O) groups is 1. The van der Waals surface area contributed by atoms with Gasteiger partial charge < -0.3 is 10.4 Å². The Morgan fingerprint density at radius 2 is 2.00 bits per heavy atom. The van der Waals surface area contributed by atoms with E-state index in [2.05, 4.69) is 12.2 Å². The molecule has 2 N–H and O–H groups in total. The zero-order valence-corrected chi connectivity index (χ0v) is 12.4. The van der Waals surface area contributed by atoms with Gasteiger partial charge in [0.2, 0.25) is 0 Å². The fourth-order valence-electron chi connectivity index (χ4n) is 3.13. The topological polar surface area (TPSA) is 49.3 Å². The molecule has 1 aliphatic rings. The highest BCUT2D eigenvalue weighted by Gasteiger charge is 2.35. The van der Waals surface area contributed by atoms with Crippen molar-refractivity contribution in [2.24, 2.45) is 5.41 Å². The van der Waals surface area contributed by atoms with Crippen LogP contribution < -0.4 is 5.32 Å². The van der Waals surface area contributed by atoms with Gasteiger partial charge in [0.25, 0.3) is 5.91 Å². The summed E-state index contributed by atoms with van der Waals surface area (Å²) in [5, 5.41) is 15.0. The minimum Gasteiger partial charge on any atom is -0.506 e. The van der Waals surface area contributed by atoms with E-state index in [0.717, 1.165) is 17.2 Å². The second-order valence-corrected chi connectivity index (χ2v) is 6.07. The van der Waals surface area contributed by atoms with E-state index in [1.54, 1.807) is 6.07 Å². The van der Waals surface area contributed by atoms with Gasteiger partial charge in [-0.05, 0) is 36.1 Å². The van der Waals surface area contributed by atoms with Crippen molar-refractivity contribution >= 4 is 16.7 Å². The first-order valence-corrected chi connectivity index (χ1v) is 7.64. The molecule has 3 rings (SSSR count). The summed E-state index contributed by atoms with van der Waals surface area (Å²) in [7, 11) is 0. The van der Waals surface area contributed by atoms with Crippen molar-refractivity contribution in [3.63, 3.8) is 0 Å². The van der Waals surface area contributed by atoms with Crippen LogP contribution >= 0.6 is 0 Å². The van der Waals surface area contributed by atoms with E-state index in [1.807, 2.05) is 30.3 Å². The molecule has 0 spiro atoms. The van der Waals surface area contributed by atoms with Gasteiger partial charge in [0.05, 0.1) is 5.56 Å². The molecule has 110 valence electrons. The summed E-state index contributed by atoms with van der Waals surface area (Å²) in [6.07, 6.45) is 4.73. The molecule has 1 fully saturated rings. The number of aromatic hydroxyl groups is 1. The quantitative estimate of drug-likeness (QED) is 0.895. The molecule has 0 atom stereocenters. The molecule has 2 aromatic carbocycles. The summed E-state index contributed by atoms with van der Waals surface area (Å²) in [6, 6.07) is 11.1. The highest BCUT2D eigenvalue weighted by Crippen LogP contribution is 2.43. The van der Waals surface area contributed by atoms with Crippen LogP contribution in [0.3, 0.4) is 0 Å². The first-order chi connectivity index (χ1) is 10.2. The van der Waals surface area contributed by atoms with E-state index in [-0.39, 0.29) is 17.1 Å². The molecule has 0 heterocycles. The number of fused-ring (bicyclic) bond motifs is 1. The summed E-state index contributed by atoms with van der Waals surface area (Å²) >= 11 is 0. The normalized spacial score (nSPS) is 16.4. The molecule has 3 nitrogen and oxygen atoms in total. The lowest BCUT2D eigenvalue weighted by Gasteiger charge is -2.41. The molecule has 0 radical (unpaired) electrons. The lowest BCUT2D eigenvalue weighted by atomic mass is 9.67. The zero-order valence-electron chi connectivity index (χ0n) is 12.4. The largest absolute Gasteiger partial charge is 0.506 e. The van der Waals surface area contributed by atoms with Crippen molar-refractivity contribution in [1.29, 1.82) is 0 Å². The third-order valence-electron chi connectivity index (χ3n) is 4.93. The Labute approximate surface area is 125 Å². The maximum Gasteiger partial charge on any atom is 0.255 e. The summed E-state index contributed by atoms with van der Waals surface area (Å²) in [5.74, 6) is -0.109. The minimum atomic E-state index is -0.182. The highest BCUT2D eigenvalue weighted by molar-refractivity contribution is 6.03. The summed E-state index contributed by atoms with van der Waals surface area (Å²) < 4.78 is 0. The lowest BCUT2D eigenvalue weighted by molar-refractivity contribution is 0.0848. The smallest absolute Gasteiger partial charge is 0.255 e. The summed E-state index contributed by atoms with van der Waals surface area (Å²) in [4.78, 5) is 12.3. The van der Waals surface area contributed by atoms with Gasteiger partial charge in [0.1, 0.15) is 5.75 Å². The Bertz CT molecular complexity index is 668. The van der Waals surface area contributed by atoms with Crippen molar-refractivity contribution in [3.8, 4) is 5.75 Å². The van der Waals surface area contributed by atoms with Crippen molar-refractivity contribution < 1.29 is 9.90 Å².